The fraction of sp³-hybridized carbons (Fsp3) is 0. The van der Waals surface area contributed by atoms with E-state index in [4.69, 9.17) is 8.92 Å². The van der Waals surface area contributed by atoms with E-state index >= 15 is 0 Å². The second kappa shape index (κ2) is 98.3. The van der Waals surface area contributed by atoms with Crippen molar-refractivity contribution in [2.45, 2.75) is 0 Å². The predicted octanol–water partition coefficient (Wildman–Crippen LogP) is -1.79. The summed E-state index contributed by atoms with van der Waals surface area (Å²) in [6.07, 6.45) is 0. The van der Waals surface area contributed by atoms with Crippen molar-refractivity contribution in [3.63, 3.8) is 0 Å². The van der Waals surface area contributed by atoms with Gasteiger partial charge in [-0.2, -0.15) is 0 Å². The summed E-state index contributed by atoms with van der Waals surface area (Å²) in [6.45, 7) is 0. The summed E-state index contributed by atoms with van der Waals surface area (Å²) in [7, 11) is -1.42. The van der Waals surface area contributed by atoms with Gasteiger partial charge < -0.3 is 16.4 Å². The standard InChI is InChI=1S/Al.Mg.O2Si.H2O.2O/c;;1-3-2;;;/h;;;1H2;;/q+3;+2;;;2*-2/p-1. The summed E-state index contributed by atoms with van der Waals surface area (Å²) < 4.78 is 16.8. The molecule has 0 aliphatic rings. The molecule has 0 radical (unpaired) electrons. The van der Waals surface area contributed by atoms with Crippen molar-refractivity contribution in [1.82, 2.24) is 0 Å². The average molecular weight is 160 g/mol. The van der Waals surface area contributed by atoms with Gasteiger partial charge in [-0.25, -0.2) is 0 Å². The van der Waals surface area contributed by atoms with Crippen molar-refractivity contribution < 1.29 is 25.4 Å². The van der Waals surface area contributed by atoms with Gasteiger partial charge in [0.2, 0.25) is 0 Å². The van der Waals surface area contributed by atoms with Crippen molar-refractivity contribution in [1.29, 1.82) is 0 Å². The van der Waals surface area contributed by atoms with E-state index in [9.17, 15) is 0 Å². The van der Waals surface area contributed by atoms with Crippen LogP contribution in [0.2, 0.25) is 0 Å². The molecule has 0 aliphatic heterocycles. The van der Waals surface area contributed by atoms with Crippen molar-refractivity contribution in [3.05, 3.63) is 0 Å². The van der Waals surface area contributed by atoms with Crippen LogP contribution in [0.25, 0.3) is 0 Å². The maximum atomic E-state index is 8.40. The van der Waals surface area contributed by atoms with Crippen LogP contribution in [0, 0.1) is 0 Å². The van der Waals surface area contributed by atoms with Crippen LogP contribution in [0.15, 0.2) is 0 Å². The maximum Gasteiger partial charge on any atom is 3.00 e. The molecule has 8 heteroatoms. The maximum absolute atomic E-state index is 8.40. The first-order valence-electron chi connectivity index (χ1n) is 0.408. The van der Waals surface area contributed by atoms with Gasteiger partial charge in [-0.1, -0.05) is 0 Å². The first kappa shape index (κ1) is 64.1. The Morgan fingerprint density at radius 2 is 1.00 bits per heavy atom. The zero-order valence-corrected chi connectivity index (χ0v) is 7.43. The molecule has 0 rings (SSSR count). The fourth-order valence-electron chi connectivity index (χ4n) is 0. The minimum absolute atomic E-state index is 0. The molecule has 5 nitrogen and oxygen atoms in total. The number of hydrogen-bond donors (Lipinski definition) is 0. The van der Waals surface area contributed by atoms with E-state index in [1.807, 2.05) is 0 Å². The van der Waals surface area contributed by atoms with E-state index in [1.54, 1.807) is 0 Å². The van der Waals surface area contributed by atoms with E-state index in [0.717, 1.165) is 0 Å². The molecular weight excluding hydrogens is 159 g/mol. The van der Waals surface area contributed by atoms with Gasteiger partial charge >= 0.3 is 49.7 Å². The second-order valence-corrected chi connectivity index (χ2v) is 0.250. The summed E-state index contributed by atoms with van der Waals surface area (Å²) in [6, 6.07) is 0. The molecule has 0 unspecified atom stereocenters. The first-order valence-corrected chi connectivity index (χ1v) is 1.22. The van der Waals surface area contributed by atoms with Gasteiger partial charge in [0.05, 0.1) is 0 Å². The summed E-state index contributed by atoms with van der Waals surface area (Å²) in [5.41, 5.74) is 0. The smallest absolute Gasteiger partial charge is 2.00 e. The molecule has 0 aliphatic carbocycles. The predicted molar refractivity (Wildman–Crippen MR) is 21.9 cm³/mol. The minimum Gasteiger partial charge on any atom is -2.00 e. The van der Waals surface area contributed by atoms with Gasteiger partial charge in [0.15, 0.2) is 0 Å². The van der Waals surface area contributed by atoms with E-state index < -0.39 is 9.29 Å². The van der Waals surface area contributed by atoms with Crippen LogP contribution in [0.1, 0.15) is 0 Å². The monoisotopic (exact) mass is 160 g/mol. The van der Waals surface area contributed by atoms with E-state index in [-0.39, 0.29) is 56.8 Å². The molecule has 0 bridgehead atoms. The Balaban J connectivity index is -0.00000000200. The largest absolute Gasteiger partial charge is 3.00 e. The molecule has 1 N–H and O–H groups in total. The third kappa shape index (κ3) is 254. The van der Waals surface area contributed by atoms with Crippen molar-refractivity contribution in [2.24, 2.45) is 0 Å². The van der Waals surface area contributed by atoms with E-state index in [1.165, 1.54) is 0 Å². The topological polar surface area (TPSA) is 121 Å². The second-order valence-electron chi connectivity index (χ2n) is 0.0833. The number of rotatable bonds is 0. The average Bonchev–Trinajstić information content (AvgIpc) is 0.918. The Morgan fingerprint density at radius 3 is 1.00 bits per heavy atom. The Morgan fingerprint density at radius 1 is 1.00 bits per heavy atom. The molecule has 0 saturated heterocycles. The van der Waals surface area contributed by atoms with Gasteiger partial charge in [-0.15, -0.1) is 0 Å². The molecule has 0 aromatic carbocycles. The zero-order chi connectivity index (χ0) is 2.71. The fourth-order valence-corrected chi connectivity index (χ4v) is 0. The molecule has 0 fully saturated rings. The van der Waals surface area contributed by atoms with Crippen molar-refractivity contribution in [2.75, 3.05) is 0 Å². The SMILES string of the molecule is O=[Si]=O.[Al+3].[Mg+2].[O-2].[O-2].[OH-]. The van der Waals surface area contributed by atoms with E-state index in [2.05, 4.69) is 0 Å². The molecule has 40 valence electrons. The minimum atomic E-state index is -1.42. The third-order valence-electron chi connectivity index (χ3n) is 0. The van der Waals surface area contributed by atoms with Gasteiger partial charge in [0.1, 0.15) is 0 Å². The molecule has 8 heavy (non-hydrogen) atoms. The molecule has 0 heterocycles. The van der Waals surface area contributed by atoms with Crippen LogP contribution in [-0.2, 0) is 19.9 Å². The van der Waals surface area contributed by atoms with Crippen LogP contribution >= 0.6 is 0 Å². The van der Waals surface area contributed by atoms with Crippen LogP contribution in [0.5, 0.6) is 0 Å². The molecule has 0 spiro atoms. The Kier molecular flexibility index (Phi) is 787. The summed E-state index contributed by atoms with van der Waals surface area (Å²) in [5, 5.41) is 0. The van der Waals surface area contributed by atoms with Gasteiger partial charge in [-0.05, 0) is 0 Å². The number of hydrogen-bond acceptors (Lipinski definition) is 3. The van der Waals surface area contributed by atoms with Gasteiger partial charge in [0, 0.05) is 0 Å². The molecule has 0 aromatic rings. The Labute approximate surface area is 75.0 Å². The molecule has 0 aromatic heterocycles. The van der Waals surface area contributed by atoms with Crippen LogP contribution < -0.4 is 0 Å². The summed E-state index contributed by atoms with van der Waals surface area (Å²) >= 11 is 0. The first-order chi connectivity index (χ1) is 1.41. The van der Waals surface area contributed by atoms with Crippen LogP contribution in [0.4, 0.5) is 0 Å². The summed E-state index contributed by atoms with van der Waals surface area (Å²) in [5.74, 6) is 0. The zero-order valence-electron chi connectivity index (χ0n) is 3.86. The van der Waals surface area contributed by atoms with Gasteiger partial charge in [-0.3, -0.25) is 8.92 Å². The van der Waals surface area contributed by atoms with Crippen molar-refractivity contribution >= 4 is 49.7 Å². The van der Waals surface area contributed by atoms with Crippen LogP contribution in [-0.4, -0.2) is 55.2 Å². The Hall–Kier alpha value is 0.996. The molecule has 0 atom stereocenters. The Bertz CT molecular complexity index is 33.4. The summed E-state index contributed by atoms with van der Waals surface area (Å²) in [4.78, 5) is 0. The normalized spacial score (nSPS) is 1.00. The molecule has 0 saturated carbocycles. The van der Waals surface area contributed by atoms with Gasteiger partial charge in [0.25, 0.3) is 0 Å². The third-order valence-corrected chi connectivity index (χ3v) is 0. The molecular formula is HAlMgO5Si. The van der Waals surface area contributed by atoms with E-state index in [0.29, 0.717) is 0 Å². The van der Waals surface area contributed by atoms with Crippen LogP contribution in [0.3, 0.4) is 0 Å². The van der Waals surface area contributed by atoms with Crippen molar-refractivity contribution in [3.8, 4) is 0 Å². The quantitative estimate of drug-likeness (QED) is 0.389. The molecule has 0 amide bonds.